The van der Waals surface area contributed by atoms with Crippen LogP contribution < -0.4 is 0 Å². The second-order valence-electron chi connectivity index (χ2n) is 8.50. The first-order valence-corrected chi connectivity index (χ1v) is 12.0. The fourth-order valence-electron chi connectivity index (χ4n) is 4.70. The molecule has 5 rings (SSSR count). The number of aryl methyl sites for hydroxylation is 3. The van der Waals surface area contributed by atoms with E-state index in [9.17, 15) is 4.79 Å². The Bertz CT molecular complexity index is 1120. The molecule has 0 aliphatic heterocycles. The van der Waals surface area contributed by atoms with Crippen LogP contribution in [0.15, 0.2) is 29.4 Å². The van der Waals surface area contributed by atoms with Crippen molar-refractivity contribution in [3.8, 4) is 5.69 Å². The number of aromatic nitrogens is 4. The lowest BCUT2D eigenvalue weighted by Crippen LogP contribution is -2.07. The highest BCUT2D eigenvalue weighted by Crippen LogP contribution is 2.40. The first kappa shape index (κ1) is 19.6. The zero-order valence-corrected chi connectivity index (χ0v) is 18.8. The molecular weight excluding hydrogens is 392 g/mol. The number of ketones is 1. The Morgan fingerprint density at radius 3 is 2.70 bits per heavy atom. The van der Waals surface area contributed by atoms with Crippen molar-refractivity contribution >= 4 is 17.5 Å². The van der Waals surface area contributed by atoms with E-state index in [1.807, 2.05) is 6.07 Å². The van der Waals surface area contributed by atoms with Crippen molar-refractivity contribution < 1.29 is 4.79 Å². The predicted octanol–water partition coefficient (Wildman–Crippen LogP) is 5.05. The maximum absolute atomic E-state index is 13.1. The number of Topliss-reactive ketones (excluding diaryl/α,β-unsaturated/α-hetero) is 1. The van der Waals surface area contributed by atoms with Crippen molar-refractivity contribution in [2.45, 2.75) is 70.5 Å². The first-order chi connectivity index (χ1) is 14.6. The fraction of sp³-hybridized carbons (Fsp3) is 0.458. The van der Waals surface area contributed by atoms with Gasteiger partial charge >= 0.3 is 0 Å². The molecule has 1 fully saturated rings. The molecule has 3 aromatic rings. The average Bonchev–Trinajstić information content (AvgIpc) is 3.20. The van der Waals surface area contributed by atoms with Gasteiger partial charge in [0.15, 0.2) is 10.9 Å². The second kappa shape index (κ2) is 7.73. The Balaban J connectivity index is 1.36. The van der Waals surface area contributed by atoms with E-state index in [1.165, 1.54) is 48.6 Å². The number of carbonyl (C=O) groups excluding carboxylic acids is 1. The van der Waals surface area contributed by atoms with Gasteiger partial charge in [-0.1, -0.05) is 17.8 Å². The number of carbonyl (C=O) groups is 1. The fourth-order valence-corrected chi connectivity index (χ4v) is 5.59. The number of fused-ring (bicyclic) bond motifs is 1. The summed E-state index contributed by atoms with van der Waals surface area (Å²) in [7, 11) is 0. The molecule has 2 heterocycles. The molecule has 0 spiro atoms. The standard InChI is InChI=1S/C24H28N4OS/c1-4-27-23(18-8-9-18)25-26-24(27)30-14-22(29)21-12-15(2)28(16(21)3)20-11-10-17-6-5-7-19(17)13-20/h10-13,18H,4-9,14H2,1-3H3. The minimum absolute atomic E-state index is 0.152. The van der Waals surface area contributed by atoms with E-state index in [2.05, 4.69) is 58.3 Å². The minimum atomic E-state index is 0.152. The van der Waals surface area contributed by atoms with Crippen LogP contribution in [-0.2, 0) is 19.4 Å². The molecule has 6 heteroatoms. The second-order valence-corrected chi connectivity index (χ2v) is 9.44. The Hall–Kier alpha value is -2.34. The smallest absolute Gasteiger partial charge is 0.191 e. The van der Waals surface area contributed by atoms with E-state index < -0.39 is 0 Å². The molecule has 156 valence electrons. The molecule has 0 bridgehead atoms. The van der Waals surface area contributed by atoms with E-state index >= 15 is 0 Å². The summed E-state index contributed by atoms with van der Waals surface area (Å²) in [5.74, 6) is 2.19. The zero-order valence-electron chi connectivity index (χ0n) is 17.9. The quantitative estimate of drug-likeness (QED) is 0.397. The van der Waals surface area contributed by atoms with Crippen molar-refractivity contribution in [1.29, 1.82) is 0 Å². The normalized spacial score (nSPS) is 15.6. The highest BCUT2D eigenvalue weighted by Gasteiger charge is 2.30. The van der Waals surface area contributed by atoms with Gasteiger partial charge in [0.25, 0.3) is 0 Å². The molecule has 5 nitrogen and oxygen atoms in total. The molecule has 2 aromatic heterocycles. The zero-order chi connectivity index (χ0) is 20.8. The average molecular weight is 421 g/mol. The van der Waals surface area contributed by atoms with Crippen molar-refractivity contribution in [3.63, 3.8) is 0 Å². The van der Waals surface area contributed by atoms with Crippen LogP contribution in [-0.4, -0.2) is 30.9 Å². The Kier molecular flexibility index (Phi) is 5.05. The van der Waals surface area contributed by atoms with Crippen LogP contribution in [0.5, 0.6) is 0 Å². The molecule has 2 aliphatic rings. The molecule has 0 saturated heterocycles. The van der Waals surface area contributed by atoms with Gasteiger partial charge in [0.05, 0.1) is 5.75 Å². The third-order valence-electron chi connectivity index (χ3n) is 6.41. The molecule has 2 aliphatic carbocycles. The maximum Gasteiger partial charge on any atom is 0.191 e. The van der Waals surface area contributed by atoms with Gasteiger partial charge in [-0.2, -0.15) is 0 Å². The lowest BCUT2D eigenvalue weighted by atomic mass is 10.1. The third kappa shape index (κ3) is 3.41. The van der Waals surface area contributed by atoms with Crippen LogP contribution in [0.1, 0.15) is 70.8 Å². The number of thioether (sulfide) groups is 1. The van der Waals surface area contributed by atoms with Crippen molar-refractivity contribution in [3.05, 3.63) is 58.2 Å². The van der Waals surface area contributed by atoms with Crippen LogP contribution in [0.4, 0.5) is 0 Å². The van der Waals surface area contributed by atoms with Crippen molar-refractivity contribution in [2.75, 3.05) is 5.75 Å². The van der Waals surface area contributed by atoms with Gasteiger partial charge in [-0.15, -0.1) is 10.2 Å². The van der Waals surface area contributed by atoms with Crippen molar-refractivity contribution in [2.24, 2.45) is 0 Å². The topological polar surface area (TPSA) is 52.7 Å². The third-order valence-corrected chi connectivity index (χ3v) is 7.38. The molecule has 0 amide bonds. The summed E-state index contributed by atoms with van der Waals surface area (Å²) in [5.41, 5.74) is 7.02. The molecule has 0 atom stereocenters. The highest BCUT2D eigenvalue weighted by atomic mass is 32.2. The van der Waals surface area contributed by atoms with Crippen LogP contribution in [0.2, 0.25) is 0 Å². The van der Waals surface area contributed by atoms with Gasteiger partial charge in [-0.3, -0.25) is 4.79 Å². The van der Waals surface area contributed by atoms with E-state index in [0.29, 0.717) is 11.7 Å². The summed E-state index contributed by atoms with van der Waals surface area (Å²) in [5, 5.41) is 9.60. The molecule has 30 heavy (non-hydrogen) atoms. The van der Waals surface area contributed by atoms with Crippen LogP contribution >= 0.6 is 11.8 Å². The number of benzene rings is 1. The minimum Gasteiger partial charge on any atom is -0.318 e. The monoisotopic (exact) mass is 420 g/mol. The van der Waals surface area contributed by atoms with Gasteiger partial charge in [-0.05, 0) is 82.2 Å². The van der Waals surface area contributed by atoms with E-state index in [-0.39, 0.29) is 5.78 Å². The van der Waals surface area contributed by atoms with E-state index in [1.54, 1.807) is 0 Å². The number of rotatable bonds is 7. The van der Waals surface area contributed by atoms with E-state index in [4.69, 9.17) is 0 Å². The van der Waals surface area contributed by atoms with Gasteiger partial charge in [0.2, 0.25) is 0 Å². The van der Waals surface area contributed by atoms with Crippen molar-refractivity contribution in [1.82, 2.24) is 19.3 Å². The summed E-state index contributed by atoms with van der Waals surface area (Å²) in [6.07, 6.45) is 6.00. The lowest BCUT2D eigenvalue weighted by molar-refractivity contribution is 0.102. The van der Waals surface area contributed by atoms with Gasteiger partial charge in [-0.25, -0.2) is 0 Å². The van der Waals surface area contributed by atoms with Crippen LogP contribution in [0.3, 0.4) is 0 Å². The van der Waals surface area contributed by atoms with Gasteiger partial charge in [0.1, 0.15) is 5.82 Å². The molecule has 1 saturated carbocycles. The van der Waals surface area contributed by atoms with Gasteiger partial charge in [0, 0.05) is 35.1 Å². The first-order valence-electron chi connectivity index (χ1n) is 11.0. The summed E-state index contributed by atoms with van der Waals surface area (Å²) >= 11 is 1.51. The Morgan fingerprint density at radius 1 is 1.13 bits per heavy atom. The maximum atomic E-state index is 13.1. The lowest BCUT2D eigenvalue weighted by Gasteiger charge is -2.12. The Morgan fingerprint density at radius 2 is 1.93 bits per heavy atom. The molecule has 0 unspecified atom stereocenters. The largest absolute Gasteiger partial charge is 0.318 e. The summed E-state index contributed by atoms with van der Waals surface area (Å²) < 4.78 is 4.39. The predicted molar refractivity (Wildman–Crippen MR) is 120 cm³/mol. The number of hydrogen-bond donors (Lipinski definition) is 0. The highest BCUT2D eigenvalue weighted by molar-refractivity contribution is 7.99. The summed E-state index contributed by atoms with van der Waals surface area (Å²) in [6, 6.07) is 8.78. The number of nitrogens with zero attached hydrogens (tertiary/aromatic N) is 4. The van der Waals surface area contributed by atoms with Gasteiger partial charge < -0.3 is 9.13 Å². The summed E-state index contributed by atoms with van der Waals surface area (Å²) in [4.78, 5) is 13.1. The van der Waals surface area contributed by atoms with Crippen LogP contribution in [0.25, 0.3) is 5.69 Å². The van der Waals surface area contributed by atoms with Crippen LogP contribution in [0, 0.1) is 13.8 Å². The SMILES string of the molecule is CCn1c(SCC(=O)c2cc(C)n(-c3ccc4c(c3)CCC4)c2C)nnc1C1CC1. The summed E-state index contributed by atoms with van der Waals surface area (Å²) in [6.45, 7) is 7.10. The number of hydrogen-bond acceptors (Lipinski definition) is 4. The molecular formula is C24H28N4OS. The molecule has 0 radical (unpaired) electrons. The van der Waals surface area contributed by atoms with E-state index in [0.717, 1.165) is 46.6 Å². The molecule has 1 aromatic carbocycles. The Labute approximate surface area is 181 Å². The molecule has 0 N–H and O–H groups in total.